The summed E-state index contributed by atoms with van der Waals surface area (Å²) in [5.41, 5.74) is 1.03. The number of nitrogens with zero attached hydrogens (tertiary/aromatic N) is 1. The zero-order chi connectivity index (χ0) is 12.1. The molecular weight excluding hydrogens is 212 g/mol. The number of carboxylic acids is 1. The molecular formula is C10H12N2O4. The van der Waals surface area contributed by atoms with Crippen LogP contribution in [0.4, 0.5) is 11.4 Å². The molecule has 0 atom stereocenters. The summed E-state index contributed by atoms with van der Waals surface area (Å²) in [4.78, 5) is 20.6. The van der Waals surface area contributed by atoms with Crippen molar-refractivity contribution in [3.63, 3.8) is 0 Å². The normalized spacial score (nSPS) is 9.81. The second-order valence-corrected chi connectivity index (χ2v) is 3.25. The Balaban J connectivity index is 2.93. The highest BCUT2D eigenvalue weighted by Gasteiger charge is 2.13. The lowest BCUT2D eigenvalue weighted by molar-refractivity contribution is -0.384. The standard InChI is InChI=1S/C10H12N2O4/c1-11-8-4-2-7(3-5-10(13)14)6-9(8)12(15)16/h2,4,6,11H,3,5H2,1H3,(H,13,14). The van der Waals surface area contributed by atoms with Crippen LogP contribution in [-0.2, 0) is 11.2 Å². The van der Waals surface area contributed by atoms with E-state index in [1.54, 1.807) is 19.2 Å². The average molecular weight is 224 g/mol. The van der Waals surface area contributed by atoms with Crippen LogP contribution in [0.5, 0.6) is 0 Å². The monoisotopic (exact) mass is 224 g/mol. The van der Waals surface area contributed by atoms with Crippen molar-refractivity contribution in [1.29, 1.82) is 0 Å². The number of carboxylic acid groups (broad SMARTS) is 1. The van der Waals surface area contributed by atoms with Gasteiger partial charge in [0.15, 0.2) is 0 Å². The molecule has 0 fully saturated rings. The summed E-state index contributed by atoms with van der Waals surface area (Å²) in [7, 11) is 1.60. The largest absolute Gasteiger partial charge is 0.481 e. The Morgan fingerprint density at radius 2 is 2.25 bits per heavy atom. The van der Waals surface area contributed by atoms with Gasteiger partial charge in [-0.2, -0.15) is 0 Å². The maximum atomic E-state index is 10.7. The smallest absolute Gasteiger partial charge is 0.303 e. The van der Waals surface area contributed by atoms with Crippen molar-refractivity contribution in [2.45, 2.75) is 12.8 Å². The molecule has 1 rings (SSSR count). The van der Waals surface area contributed by atoms with Crippen LogP contribution in [0.25, 0.3) is 0 Å². The zero-order valence-corrected chi connectivity index (χ0v) is 8.77. The van der Waals surface area contributed by atoms with E-state index in [0.29, 0.717) is 17.7 Å². The van der Waals surface area contributed by atoms with Crippen molar-refractivity contribution in [1.82, 2.24) is 0 Å². The number of hydrogen-bond donors (Lipinski definition) is 2. The molecule has 0 saturated heterocycles. The number of hydrogen-bond acceptors (Lipinski definition) is 4. The molecule has 0 aliphatic carbocycles. The van der Waals surface area contributed by atoms with E-state index in [4.69, 9.17) is 5.11 Å². The van der Waals surface area contributed by atoms with E-state index < -0.39 is 10.9 Å². The van der Waals surface area contributed by atoms with Gasteiger partial charge in [-0.25, -0.2) is 0 Å². The third-order valence-electron chi connectivity index (χ3n) is 2.16. The molecule has 0 unspecified atom stereocenters. The Kier molecular flexibility index (Phi) is 3.82. The van der Waals surface area contributed by atoms with Crippen LogP contribution in [-0.4, -0.2) is 23.0 Å². The highest BCUT2D eigenvalue weighted by molar-refractivity contribution is 5.67. The van der Waals surface area contributed by atoms with Gasteiger partial charge in [0.2, 0.25) is 0 Å². The second-order valence-electron chi connectivity index (χ2n) is 3.25. The number of nitro groups is 1. The number of nitro benzene ring substituents is 1. The average Bonchev–Trinajstić information content (AvgIpc) is 2.25. The van der Waals surface area contributed by atoms with Crippen LogP contribution in [0, 0.1) is 10.1 Å². The number of aliphatic carboxylic acids is 1. The molecule has 0 aliphatic heterocycles. The zero-order valence-electron chi connectivity index (χ0n) is 8.77. The summed E-state index contributed by atoms with van der Waals surface area (Å²) in [5, 5.41) is 21.9. The molecule has 0 aromatic heterocycles. The van der Waals surface area contributed by atoms with Gasteiger partial charge in [0.1, 0.15) is 5.69 Å². The fourth-order valence-corrected chi connectivity index (χ4v) is 1.35. The maximum absolute atomic E-state index is 10.7. The van der Waals surface area contributed by atoms with Crippen molar-refractivity contribution >= 4 is 17.3 Å². The minimum Gasteiger partial charge on any atom is -0.481 e. The van der Waals surface area contributed by atoms with E-state index in [0.717, 1.165) is 0 Å². The van der Waals surface area contributed by atoms with E-state index in [-0.39, 0.29) is 12.1 Å². The summed E-state index contributed by atoms with van der Waals surface area (Å²) in [6, 6.07) is 4.66. The molecule has 0 saturated carbocycles. The van der Waals surface area contributed by atoms with Gasteiger partial charge in [0.05, 0.1) is 4.92 Å². The number of carbonyl (C=O) groups is 1. The first-order chi connectivity index (χ1) is 7.54. The fourth-order valence-electron chi connectivity index (χ4n) is 1.35. The van der Waals surface area contributed by atoms with Crippen LogP contribution in [0.1, 0.15) is 12.0 Å². The molecule has 0 aliphatic rings. The Hall–Kier alpha value is -2.11. The van der Waals surface area contributed by atoms with Crippen molar-refractivity contribution < 1.29 is 14.8 Å². The molecule has 6 nitrogen and oxygen atoms in total. The summed E-state index contributed by atoms with van der Waals surface area (Å²) >= 11 is 0. The molecule has 0 amide bonds. The SMILES string of the molecule is CNc1ccc(CCC(=O)O)cc1[N+](=O)[O-]. The third kappa shape index (κ3) is 2.94. The van der Waals surface area contributed by atoms with Crippen molar-refractivity contribution in [2.24, 2.45) is 0 Å². The highest BCUT2D eigenvalue weighted by atomic mass is 16.6. The molecule has 0 bridgehead atoms. The number of rotatable bonds is 5. The molecule has 0 spiro atoms. The van der Waals surface area contributed by atoms with Crippen molar-refractivity contribution in [2.75, 3.05) is 12.4 Å². The Labute approximate surface area is 92.0 Å². The Morgan fingerprint density at radius 1 is 1.56 bits per heavy atom. The summed E-state index contributed by atoms with van der Waals surface area (Å²) in [6.07, 6.45) is 0.260. The molecule has 0 heterocycles. The van der Waals surface area contributed by atoms with Crippen LogP contribution < -0.4 is 5.32 Å². The highest BCUT2D eigenvalue weighted by Crippen LogP contribution is 2.25. The molecule has 86 valence electrons. The van der Waals surface area contributed by atoms with Gasteiger partial charge >= 0.3 is 5.97 Å². The molecule has 16 heavy (non-hydrogen) atoms. The maximum Gasteiger partial charge on any atom is 0.303 e. The summed E-state index contributed by atoms with van der Waals surface area (Å²) in [5.74, 6) is -0.916. The summed E-state index contributed by atoms with van der Waals surface area (Å²) in [6.45, 7) is 0. The first kappa shape index (κ1) is 12.0. The van der Waals surface area contributed by atoms with Gasteiger partial charge < -0.3 is 10.4 Å². The molecule has 1 aromatic rings. The summed E-state index contributed by atoms with van der Waals surface area (Å²) < 4.78 is 0. The van der Waals surface area contributed by atoms with Gasteiger partial charge in [-0.3, -0.25) is 14.9 Å². The first-order valence-electron chi connectivity index (χ1n) is 4.71. The third-order valence-corrected chi connectivity index (χ3v) is 2.16. The first-order valence-corrected chi connectivity index (χ1v) is 4.71. The van der Waals surface area contributed by atoms with Crippen LogP contribution >= 0.6 is 0 Å². The Bertz CT molecular complexity index is 417. The van der Waals surface area contributed by atoms with Gasteiger partial charge in [0.25, 0.3) is 5.69 Å². The van der Waals surface area contributed by atoms with E-state index in [1.807, 2.05) is 0 Å². The van der Waals surface area contributed by atoms with Crippen molar-refractivity contribution in [3.8, 4) is 0 Å². The number of aryl methyl sites for hydroxylation is 1. The minimum atomic E-state index is -0.916. The molecule has 2 N–H and O–H groups in total. The topological polar surface area (TPSA) is 92.5 Å². The number of nitrogens with one attached hydrogen (secondary N) is 1. The lowest BCUT2D eigenvalue weighted by atomic mass is 10.1. The van der Waals surface area contributed by atoms with E-state index in [9.17, 15) is 14.9 Å². The fraction of sp³-hybridized carbons (Fsp3) is 0.300. The quantitative estimate of drug-likeness (QED) is 0.586. The van der Waals surface area contributed by atoms with Crippen LogP contribution in [0.2, 0.25) is 0 Å². The van der Waals surface area contributed by atoms with Gasteiger partial charge in [0, 0.05) is 19.5 Å². The predicted molar refractivity (Wildman–Crippen MR) is 58.6 cm³/mol. The Morgan fingerprint density at radius 3 is 2.75 bits per heavy atom. The molecule has 0 radical (unpaired) electrons. The van der Waals surface area contributed by atoms with Gasteiger partial charge in [-0.1, -0.05) is 6.07 Å². The lowest BCUT2D eigenvalue weighted by Gasteiger charge is -2.04. The molecule has 6 heteroatoms. The van der Waals surface area contributed by atoms with Gasteiger partial charge in [-0.05, 0) is 18.1 Å². The van der Waals surface area contributed by atoms with Crippen molar-refractivity contribution in [3.05, 3.63) is 33.9 Å². The number of anilines is 1. The number of benzene rings is 1. The van der Waals surface area contributed by atoms with E-state index >= 15 is 0 Å². The van der Waals surface area contributed by atoms with E-state index in [2.05, 4.69) is 5.32 Å². The predicted octanol–water partition coefficient (Wildman–Crippen LogP) is 1.65. The minimum absolute atomic E-state index is 0.0317. The van der Waals surface area contributed by atoms with Crippen LogP contribution in [0.3, 0.4) is 0 Å². The van der Waals surface area contributed by atoms with Gasteiger partial charge in [-0.15, -0.1) is 0 Å². The van der Waals surface area contributed by atoms with Crippen LogP contribution in [0.15, 0.2) is 18.2 Å². The second kappa shape index (κ2) is 5.11. The molecule has 1 aromatic carbocycles. The van der Waals surface area contributed by atoms with E-state index in [1.165, 1.54) is 6.07 Å². The lowest BCUT2D eigenvalue weighted by Crippen LogP contribution is -2.00.